The number of rotatable bonds is 4. The molecular formula is C28H38FeN2P2. The molecule has 0 spiro atoms. The van der Waals surface area contributed by atoms with Crippen molar-refractivity contribution in [3.8, 4) is 0 Å². The van der Waals surface area contributed by atoms with E-state index in [1.165, 1.54) is 10.6 Å². The molecule has 178 valence electrons. The number of hydrogen-bond donors (Lipinski definition) is 0. The van der Waals surface area contributed by atoms with Gasteiger partial charge in [-0.3, -0.25) is 0 Å². The first kappa shape index (κ1) is 27.9. The molecule has 0 radical (unpaired) electrons. The Bertz CT molecular complexity index is 847. The topological polar surface area (TPSA) is 6.48 Å². The molecule has 4 rings (SSSR count). The zero-order valence-electron chi connectivity index (χ0n) is 20.6. The monoisotopic (exact) mass is 520 g/mol. The quantitative estimate of drug-likeness (QED) is 0.260. The van der Waals surface area contributed by atoms with Crippen molar-refractivity contribution in [3.05, 3.63) is 97.4 Å². The van der Waals surface area contributed by atoms with Crippen LogP contribution in [0.1, 0.15) is 41.5 Å². The van der Waals surface area contributed by atoms with Gasteiger partial charge in [0.1, 0.15) is 0 Å². The van der Waals surface area contributed by atoms with Crippen LogP contribution >= 0.6 is 17.2 Å². The largest absolute Gasteiger partial charge is 2.00 e. The van der Waals surface area contributed by atoms with Gasteiger partial charge in [0.15, 0.2) is 0 Å². The molecular weight excluding hydrogens is 482 g/mol. The minimum Gasteiger partial charge on any atom is -0.363 e. The molecule has 33 heavy (non-hydrogen) atoms. The maximum absolute atomic E-state index is 2.44. The predicted molar refractivity (Wildman–Crippen MR) is 147 cm³/mol. The van der Waals surface area contributed by atoms with Crippen molar-refractivity contribution in [3.63, 3.8) is 0 Å². The van der Waals surface area contributed by atoms with E-state index in [-0.39, 0.29) is 28.1 Å². The molecule has 2 aliphatic rings. The molecule has 0 saturated carbocycles. The molecule has 4 unspecified atom stereocenters. The van der Waals surface area contributed by atoms with Crippen LogP contribution in [0.3, 0.4) is 0 Å². The first-order chi connectivity index (χ1) is 15.1. The molecule has 2 heterocycles. The molecule has 0 saturated heterocycles. The van der Waals surface area contributed by atoms with Gasteiger partial charge in [-0.1, -0.05) is 24.3 Å². The Balaban J connectivity index is 0.000000227. The molecule has 0 fully saturated rings. The number of nitrogens with zero attached hydrogens (tertiary/aromatic N) is 2. The van der Waals surface area contributed by atoms with Crippen molar-refractivity contribution in [2.24, 2.45) is 0 Å². The predicted octanol–water partition coefficient (Wildman–Crippen LogP) is 6.44. The van der Waals surface area contributed by atoms with E-state index in [2.05, 4.69) is 149 Å². The smallest absolute Gasteiger partial charge is 0.363 e. The molecule has 2 aromatic carbocycles. The first-order valence-corrected chi connectivity index (χ1v) is 13.5. The van der Waals surface area contributed by atoms with E-state index in [1.807, 2.05) is 0 Å². The van der Waals surface area contributed by atoms with Crippen LogP contribution in [0.2, 0.25) is 0 Å². The Labute approximate surface area is 215 Å². The zero-order chi connectivity index (χ0) is 23.2. The van der Waals surface area contributed by atoms with Gasteiger partial charge in [0.2, 0.25) is 0 Å². The second-order valence-electron chi connectivity index (χ2n) is 10.1. The fourth-order valence-corrected chi connectivity index (χ4v) is 6.89. The third-order valence-electron chi connectivity index (χ3n) is 5.41. The van der Waals surface area contributed by atoms with Gasteiger partial charge in [0.25, 0.3) is 0 Å². The van der Waals surface area contributed by atoms with Gasteiger partial charge in [0.05, 0.1) is 11.6 Å². The minimum absolute atomic E-state index is 0. The van der Waals surface area contributed by atoms with Gasteiger partial charge >= 0.3 is 17.1 Å². The molecule has 0 aliphatic carbocycles. The summed E-state index contributed by atoms with van der Waals surface area (Å²) in [6, 6.07) is 17.3. The Morgan fingerprint density at radius 2 is 0.909 bits per heavy atom. The molecule has 2 nitrogen and oxygen atoms in total. The average Bonchev–Trinajstić information content (AvgIpc) is 3.42. The van der Waals surface area contributed by atoms with E-state index < -0.39 is 0 Å². The molecule has 0 bridgehead atoms. The summed E-state index contributed by atoms with van der Waals surface area (Å²) in [7, 11) is 1.64. The Morgan fingerprint density at radius 3 is 1.21 bits per heavy atom. The molecule has 0 amide bonds. The average molecular weight is 520 g/mol. The normalized spacial score (nSPS) is 20.5. The molecule has 2 aromatic rings. The summed E-state index contributed by atoms with van der Waals surface area (Å²) in [6.07, 6.45) is 17.6. The van der Waals surface area contributed by atoms with Gasteiger partial charge in [-0.2, -0.15) is 24.3 Å². The summed E-state index contributed by atoms with van der Waals surface area (Å²) in [5, 5.41) is 2.89. The summed E-state index contributed by atoms with van der Waals surface area (Å²) in [5.74, 6) is 1.01. The molecule has 0 N–H and O–H groups in total. The summed E-state index contributed by atoms with van der Waals surface area (Å²) in [5.41, 5.74) is 0.372. The van der Waals surface area contributed by atoms with Crippen LogP contribution in [0.25, 0.3) is 0 Å². The van der Waals surface area contributed by atoms with E-state index in [0.717, 1.165) is 17.2 Å². The maximum atomic E-state index is 2.44. The standard InChI is InChI=1S/2C14H19NP.Fe/c2*1-14(2,3)15-11-7-6-10-13(15)16-12-8-4-5-9-12;/h2*4-11,13,16H,1-3H3;/q2*-1;+2. The van der Waals surface area contributed by atoms with E-state index in [0.29, 0.717) is 11.6 Å². The third-order valence-corrected chi connectivity index (χ3v) is 8.27. The van der Waals surface area contributed by atoms with E-state index in [9.17, 15) is 0 Å². The maximum Gasteiger partial charge on any atom is 2.00 e. The Kier molecular flexibility index (Phi) is 10.5. The van der Waals surface area contributed by atoms with Gasteiger partial charge in [-0.05, 0) is 53.7 Å². The van der Waals surface area contributed by atoms with Crippen molar-refractivity contribution < 1.29 is 17.1 Å². The fraction of sp³-hybridized carbons (Fsp3) is 0.357. The van der Waals surface area contributed by atoms with Crippen LogP contribution in [-0.4, -0.2) is 32.4 Å². The molecule has 0 aromatic heterocycles. The van der Waals surface area contributed by atoms with E-state index in [4.69, 9.17) is 0 Å². The Morgan fingerprint density at radius 1 is 0.576 bits per heavy atom. The van der Waals surface area contributed by atoms with Crippen LogP contribution in [0.15, 0.2) is 97.4 Å². The van der Waals surface area contributed by atoms with Crippen molar-refractivity contribution in [1.29, 1.82) is 0 Å². The van der Waals surface area contributed by atoms with Crippen LogP contribution in [0.5, 0.6) is 0 Å². The van der Waals surface area contributed by atoms with Crippen LogP contribution in [-0.2, 0) is 17.1 Å². The van der Waals surface area contributed by atoms with Gasteiger partial charge in [-0.25, -0.2) is 24.3 Å². The van der Waals surface area contributed by atoms with Crippen molar-refractivity contribution >= 4 is 27.8 Å². The van der Waals surface area contributed by atoms with E-state index >= 15 is 0 Å². The minimum atomic E-state index is 0. The summed E-state index contributed by atoms with van der Waals surface area (Å²) >= 11 is 0. The van der Waals surface area contributed by atoms with Gasteiger partial charge in [-0.15, -0.1) is 27.8 Å². The number of hydrogen-bond acceptors (Lipinski definition) is 2. The van der Waals surface area contributed by atoms with Crippen molar-refractivity contribution in [2.45, 2.75) is 64.2 Å². The van der Waals surface area contributed by atoms with Crippen molar-refractivity contribution in [2.75, 3.05) is 0 Å². The van der Waals surface area contributed by atoms with Gasteiger partial charge < -0.3 is 9.80 Å². The number of allylic oxidation sites excluding steroid dienone is 4. The van der Waals surface area contributed by atoms with Crippen LogP contribution in [0, 0.1) is 0 Å². The van der Waals surface area contributed by atoms with Crippen LogP contribution < -0.4 is 10.6 Å². The van der Waals surface area contributed by atoms with E-state index in [1.54, 1.807) is 0 Å². The van der Waals surface area contributed by atoms with Crippen LogP contribution in [0.4, 0.5) is 0 Å². The Hall–Kier alpha value is -1.36. The second kappa shape index (κ2) is 12.4. The summed E-state index contributed by atoms with van der Waals surface area (Å²) in [6.45, 7) is 13.6. The fourth-order valence-electron chi connectivity index (χ4n) is 3.79. The zero-order valence-corrected chi connectivity index (χ0v) is 23.7. The second-order valence-corrected chi connectivity index (χ2v) is 13.0. The van der Waals surface area contributed by atoms with Gasteiger partial charge in [0, 0.05) is 23.5 Å². The SMILES string of the molecule is CC(C)(C)N1C=CC=CC1P[c-]1cccc1.CC(C)(C)N1C=CC=CC1P[c-]1cccc1.[Fe+2]. The summed E-state index contributed by atoms with van der Waals surface area (Å²) < 4.78 is 0. The summed E-state index contributed by atoms with van der Waals surface area (Å²) in [4.78, 5) is 4.89. The van der Waals surface area contributed by atoms with Crippen molar-refractivity contribution in [1.82, 2.24) is 9.80 Å². The molecule has 4 atom stereocenters. The molecule has 2 aliphatic heterocycles. The third kappa shape index (κ3) is 8.42. The molecule has 5 heteroatoms. The first-order valence-electron chi connectivity index (χ1n) is 11.4.